The van der Waals surface area contributed by atoms with E-state index in [1.54, 1.807) is 0 Å². The highest BCUT2D eigenvalue weighted by Crippen LogP contribution is 2.47. The van der Waals surface area contributed by atoms with Crippen LogP contribution < -0.4 is 5.32 Å². The van der Waals surface area contributed by atoms with Crippen LogP contribution >= 0.6 is 0 Å². The summed E-state index contributed by atoms with van der Waals surface area (Å²) in [5, 5.41) is 2.95. The van der Waals surface area contributed by atoms with Gasteiger partial charge in [0, 0.05) is 30.8 Å². The molecule has 1 N–H and O–H groups in total. The Kier molecular flexibility index (Phi) is 25.0. The van der Waals surface area contributed by atoms with Gasteiger partial charge < -0.3 is 5.32 Å². The summed E-state index contributed by atoms with van der Waals surface area (Å²) in [5.74, 6) is 3.30. The highest BCUT2D eigenvalue weighted by molar-refractivity contribution is 6.12. The van der Waals surface area contributed by atoms with Crippen LogP contribution in [-0.4, -0.2) is 35.7 Å². The lowest BCUT2D eigenvalue weighted by Crippen LogP contribution is -2.35. The van der Waals surface area contributed by atoms with Crippen LogP contribution in [0.25, 0.3) is 0 Å². The molecule has 5 nitrogen and oxygen atoms in total. The lowest BCUT2D eigenvalue weighted by atomic mass is 9.61. The van der Waals surface area contributed by atoms with Gasteiger partial charge in [0.1, 0.15) is 0 Å². The Labute approximate surface area is 309 Å². The molecular formula is C45H78N2O3. The summed E-state index contributed by atoms with van der Waals surface area (Å²) in [5.41, 5.74) is 0.448. The number of nitrogens with zero attached hydrogens (tertiary/aromatic N) is 1. The fourth-order valence-corrected chi connectivity index (χ4v) is 8.82. The van der Waals surface area contributed by atoms with Crippen LogP contribution in [0.15, 0.2) is 37.0 Å². The van der Waals surface area contributed by atoms with Gasteiger partial charge >= 0.3 is 0 Å². The first-order valence-corrected chi connectivity index (χ1v) is 21.6. The van der Waals surface area contributed by atoms with E-state index < -0.39 is 0 Å². The van der Waals surface area contributed by atoms with E-state index >= 15 is 0 Å². The van der Waals surface area contributed by atoms with Gasteiger partial charge in [0.15, 0.2) is 0 Å². The number of hydrogen-bond donors (Lipinski definition) is 1. The number of imide groups is 1. The van der Waals surface area contributed by atoms with Crippen molar-refractivity contribution in [1.82, 2.24) is 10.2 Å². The SMILES string of the molecule is C=CC(=C)C(=O)NCCCCCCCCC1CCC(CCCCCC)C(CCCCCCCC)C1CCCCCCCCN1C(=O)C=CC1=O. The van der Waals surface area contributed by atoms with Crippen molar-refractivity contribution in [1.29, 1.82) is 0 Å². The maximum absolute atomic E-state index is 11.8. The van der Waals surface area contributed by atoms with E-state index in [1.807, 2.05) is 0 Å². The molecule has 0 bridgehead atoms. The molecule has 5 heteroatoms. The zero-order chi connectivity index (χ0) is 36.2. The Morgan fingerprint density at radius 1 is 0.640 bits per heavy atom. The lowest BCUT2D eigenvalue weighted by Gasteiger charge is -2.44. The van der Waals surface area contributed by atoms with Gasteiger partial charge in [-0.2, -0.15) is 0 Å². The highest BCUT2D eigenvalue weighted by Gasteiger charge is 2.37. The molecule has 0 radical (unpaired) electrons. The quantitative estimate of drug-likeness (QED) is 0.0330. The number of carbonyl (C=O) groups excluding carboxylic acids is 3. The minimum Gasteiger partial charge on any atom is -0.352 e. The number of nitrogens with one attached hydrogen (secondary N) is 1. The van der Waals surface area contributed by atoms with Gasteiger partial charge in [0.05, 0.1) is 0 Å². The first-order valence-electron chi connectivity index (χ1n) is 21.6. The molecule has 3 amide bonds. The van der Waals surface area contributed by atoms with Crippen molar-refractivity contribution < 1.29 is 14.4 Å². The number of hydrogen-bond acceptors (Lipinski definition) is 3. The maximum Gasteiger partial charge on any atom is 0.253 e. The van der Waals surface area contributed by atoms with E-state index in [0.717, 1.165) is 49.5 Å². The van der Waals surface area contributed by atoms with Gasteiger partial charge in [-0.05, 0) is 62.2 Å². The van der Waals surface area contributed by atoms with Gasteiger partial charge in [-0.15, -0.1) is 0 Å². The van der Waals surface area contributed by atoms with Crippen molar-refractivity contribution in [3.05, 3.63) is 37.0 Å². The monoisotopic (exact) mass is 695 g/mol. The summed E-state index contributed by atoms with van der Waals surface area (Å²) in [6, 6.07) is 0. The van der Waals surface area contributed by atoms with Crippen molar-refractivity contribution in [2.24, 2.45) is 23.7 Å². The van der Waals surface area contributed by atoms with Crippen LogP contribution in [0.4, 0.5) is 0 Å². The van der Waals surface area contributed by atoms with Crippen LogP contribution in [0.5, 0.6) is 0 Å². The predicted molar refractivity (Wildman–Crippen MR) is 213 cm³/mol. The second-order valence-corrected chi connectivity index (χ2v) is 15.8. The molecule has 0 aromatic rings. The average molecular weight is 695 g/mol. The number of unbranched alkanes of at least 4 members (excludes halogenated alkanes) is 18. The lowest BCUT2D eigenvalue weighted by molar-refractivity contribution is -0.136. The zero-order valence-corrected chi connectivity index (χ0v) is 32.8. The molecule has 2 aliphatic rings. The summed E-state index contributed by atoms with van der Waals surface area (Å²) < 4.78 is 0. The van der Waals surface area contributed by atoms with Crippen LogP contribution in [-0.2, 0) is 14.4 Å². The molecule has 286 valence electrons. The number of rotatable bonds is 32. The second-order valence-electron chi connectivity index (χ2n) is 15.8. The summed E-state index contributed by atoms with van der Waals surface area (Å²) in [4.78, 5) is 36.9. The molecule has 4 atom stereocenters. The Bertz CT molecular complexity index is 969. The fourth-order valence-electron chi connectivity index (χ4n) is 8.82. The Hall–Kier alpha value is -2.17. The highest BCUT2D eigenvalue weighted by atomic mass is 16.2. The topological polar surface area (TPSA) is 66.5 Å². The van der Waals surface area contributed by atoms with Crippen LogP contribution in [0.2, 0.25) is 0 Å². The minimum absolute atomic E-state index is 0.0941. The standard InChI is InChI=1S/C45H78N2O3/c1-5-8-10-12-18-24-30-41-39(28-22-11-9-6-2)32-33-40(29-23-17-13-15-20-26-36-46-45(50)38(4)7-3)42(41)31-25-19-14-16-21-27-37-47-43(48)34-35-44(47)49/h7,34-35,39-42H,3-6,8-33,36-37H2,1-2H3,(H,46,50). The van der Waals surface area contributed by atoms with Crippen LogP contribution in [0.1, 0.15) is 194 Å². The van der Waals surface area contributed by atoms with Gasteiger partial charge in [-0.1, -0.05) is 174 Å². The van der Waals surface area contributed by atoms with Gasteiger partial charge in [-0.3, -0.25) is 19.3 Å². The van der Waals surface area contributed by atoms with E-state index in [9.17, 15) is 14.4 Å². The van der Waals surface area contributed by atoms with Crippen LogP contribution in [0.3, 0.4) is 0 Å². The van der Waals surface area contributed by atoms with E-state index in [0.29, 0.717) is 12.1 Å². The van der Waals surface area contributed by atoms with Crippen molar-refractivity contribution in [3.8, 4) is 0 Å². The summed E-state index contributed by atoms with van der Waals surface area (Å²) in [7, 11) is 0. The first-order chi connectivity index (χ1) is 24.4. The molecule has 0 aromatic heterocycles. The normalized spacial score (nSPS) is 20.5. The molecular weight excluding hydrogens is 617 g/mol. The molecule has 50 heavy (non-hydrogen) atoms. The Morgan fingerprint density at radius 3 is 1.52 bits per heavy atom. The minimum atomic E-state index is -0.148. The van der Waals surface area contributed by atoms with Gasteiger partial charge in [0.25, 0.3) is 17.7 Å². The molecule has 2 rings (SSSR count). The van der Waals surface area contributed by atoms with Gasteiger partial charge in [0.2, 0.25) is 0 Å². The first kappa shape index (κ1) is 44.0. The molecule has 0 spiro atoms. The Balaban J connectivity index is 1.85. The van der Waals surface area contributed by atoms with Crippen molar-refractivity contribution in [3.63, 3.8) is 0 Å². The van der Waals surface area contributed by atoms with E-state index in [2.05, 4.69) is 32.3 Å². The average Bonchev–Trinajstić information content (AvgIpc) is 3.44. The molecule has 0 aromatic carbocycles. The molecule has 1 aliphatic heterocycles. The molecule has 4 unspecified atom stereocenters. The number of carbonyl (C=O) groups is 3. The molecule has 1 fully saturated rings. The third kappa shape index (κ3) is 18.4. The number of amides is 3. The Morgan fingerprint density at radius 2 is 1.04 bits per heavy atom. The summed E-state index contributed by atoms with van der Waals surface area (Å²) in [6.45, 7) is 13.3. The van der Waals surface area contributed by atoms with Crippen molar-refractivity contribution >= 4 is 17.7 Å². The molecule has 1 heterocycles. The third-order valence-electron chi connectivity index (χ3n) is 11.9. The zero-order valence-electron chi connectivity index (χ0n) is 32.8. The van der Waals surface area contributed by atoms with Crippen molar-refractivity contribution in [2.45, 2.75) is 194 Å². The smallest absolute Gasteiger partial charge is 0.253 e. The molecule has 1 saturated carbocycles. The van der Waals surface area contributed by atoms with Gasteiger partial charge in [-0.25, -0.2) is 0 Å². The predicted octanol–water partition coefficient (Wildman–Crippen LogP) is 12.2. The molecule has 0 saturated heterocycles. The van der Waals surface area contributed by atoms with Crippen molar-refractivity contribution in [2.75, 3.05) is 13.1 Å². The van der Waals surface area contributed by atoms with Crippen LogP contribution in [0, 0.1) is 23.7 Å². The largest absolute Gasteiger partial charge is 0.352 e. The second kappa shape index (κ2) is 28.4. The third-order valence-corrected chi connectivity index (χ3v) is 11.9. The van der Waals surface area contributed by atoms with E-state index in [1.165, 1.54) is 184 Å². The fraction of sp³-hybridized carbons (Fsp3) is 0.800. The van der Waals surface area contributed by atoms with E-state index in [-0.39, 0.29) is 17.7 Å². The summed E-state index contributed by atoms with van der Waals surface area (Å²) in [6.07, 6.45) is 41.6. The molecule has 1 aliphatic carbocycles. The summed E-state index contributed by atoms with van der Waals surface area (Å²) >= 11 is 0. The maximum atomic E-state index is 11.8. The van der Waals surface area contributed by atoms with E-state index in [4.69, 9.17) is 0 Å².